The zero-order valence-electron chi connectivity index (χ0n) is 16.8. The summed E-state index contributed by atoms with van der Waals surface area (Å²) in [5.74, 6) is 0. The number of hydrogen-bond acceptors (Lipinski definition) is 6. The molecule has 0 bridgehead atoms. The predicted molar refractivity (Wildman–Crippen MR) is 113 cm³/mol. The molecule has 1 N–H and O–H groups in total. The third-order valence-electron chi connectivity index (χ3n) is 5.29. The van der Waals surface area contributed by atoms with E-state index in [1.807, 2.05) is 45.2 Å². The molecule has 0 radical (unpaired) electrons. The quantitative estimate of drug-likeness (QED) is 0.572. The van der Waals surface area contributed by atoms with Gasteiger partial charge in [-0.25, -0.2) is 8.42 Å². The molecule has 0 aromatic heterocycles. The molecule has 1 saturated heterocycles. The first-order chi connectivity index (χ1) is 13.7. The fraction of sp³-hybridized carbons (Fsp3) is 0.400. The molecule has 3 rings (SSSR count). The van der Waals surface area contributed by atoms with Crippen LogP contribution in [-0.2, 0) is 10.0 Å². The van der Waals surface area contributed by atoms with Crippen LogP contribution in [0.15, 0.2) is 47.4 Å². The summed E-state index contributed by atoms with van der Waals surface area (Å²) in [7, 11) is -1.84. The molecule has 0 saturated carbocycles. The molecule has 8 nitrogen and oxygen atoms in total. The van der Waals surface area contributed by atoms with E-state index in [-0.39, 0.29) is 16.6 Å². The van der Waals surface area contributed by atoms with Gasteiger partial charge in [-0.2, -0.15) is 4.31 Å². The summed E-state index contributed by atoms with van der Waals surface area (Å²) in [6.45, 7) is 5.91. The molecule has 0 aliphatic carbocycles. The van der Waals surface area contributed by atoms with E-state index in [9.17, 15) is 18.5 Å². The number of nitrogens with one attached hydrogen (secondary N) is 1. The lowest BCUT2D eigenvalue weighted by atomic mass is 10.0. The Hall–Kier alpha value is -2.49. The molecule has 0 unspecified atom stereocenters. The molecule has 0 spiro atoms. The predicted octanol–water partition coefficient (Wildman–Crippen LogP) is 3.01. The second-order valence-corrected chi connectivity index (χ2v) is 9.30. The average molecular weight is 419 g/mol. The van der Waals surface area contributed by atoms with Crippen molar-refractivity contribution in [3.8, 4) is 0 Å². The minimum Gasteiger partial charge on any atom is -0.373 e. The molecule has 29 heavy (non-hydrogen) atoms. The van der Waals surface area contributed by atoms with Crippen molar-refractivity contribution in [3.63, 3.8) is 0 Å². The van der Waals surface area contributed by atoms with Crippen LogP contribution in [0.1, 0.15) is 24.1 Å². The zero-order valence-corrected chi connectivity index (χ0v) is 17.6. The molecule has 1 heterocycles. The van der Waals surface area contributed by atoms with E-state index >= 15 is 0 Å². The zero-order chi connectivity index (χ0) is 21.2. The first-order valence-corrected chi connectivity index (χ1v) is 10.9. The van der Waals surface area contributed by atoms with E-state index < -0.39 is 14.9 Å². The van der Waals surface area contributed by atoms with Crippen molar-refractivity contribution in [2.75, 3.05) is 38.5 Å². The average Bonchev–Trinajstić information content (AvgIpc) is 2.68. The van der Waals surface area contributed by atoms with E-state index in [0.29, 0.717) is 31.9 Å². The Morgan fingerprint density at radius 3 is 2.38 bits per heavy atom. The molecule has 1 aliphatic rings. The van der Waals surface area contributed by atoms with Crippen LogP contribution in [0.2, 0.25) is 0 Å². The van der Waals surface area contributed by atoms with E-state index in [0.717, 1.165) is 17.2 Å². The van der Waals surface area contributed by atoms with Gasteiger partial charge in [-0.05, 0) is 44.2 Å². The lowest BCUT2D eigenvalue weighted by Gasteiger charge is -2.31. The number of aryl methyl sites for hydroxylation is 1. The molecule has 1 atom stereocenters. The first kappa shape index (κ1) is 21.2. The minimum absolute atomic E-state index is 0.0529. The van der Waals surface area contributed by atoms with Crippen molar-refractivity contribution in [1.29, 1.82) is 0 Å². The van der Waals surface area contributed by atoms with Crippen LogP contribution in [0, 0.1) is 17.0 Å². The van der Waals surface area contributed by atoms with Gasteiger partial charge in [0.25, 0.3) is 5.69 Å². The van der Waals surface area contributed by atoms with Crippen molar-refractivity contribution >= 4 is 21.4 Å². The highest BCUT2D eigenvalue weighted by molar-refractivity contribution is 7.89. The highest BCUT2D eigenvalue weighted by atomic mass is 32.2. The van der Waals surface area contributed by atoms with Gasteiger partial charge in [0.1, 0.15) is 5.69 Å². The molecule has 2 aromatic rings. The normalized spacial score (nSPS) is 17.1. The van der Waals surface area contributed by atoms with E-state index in [4.69, 9.17) is 0 Å². The van der Waals surface area contributed by atoms with Gasteiger partial charge in [0, 0.05) is 38.3 Å². The van der Waals surface area contributed by atoms with Gasteiger partial charge in [-0.15, -0.1) is 0 Å². The summed E-state index contributed by atoms with van der Waals surface area (Å²) in [5, 5.41) is 14.8. The van der Waals surface area contributed by atoms with Gasteiger partial charge < -0.3 is 10.2 Å². The molecule has 1 fully saturated rings. The Morgan fingerprint density at radius 1 is 1.10 bits per heavy atom. The fourth-order valence-corrected chi connectivity index (χ4v) is 4.95. The van der Waals surface area contributed by atoms with Gasteiger partial charge in [-0.3, -0.25) is 10.1 Å². The van der Waals surface area contributed by atoms with E-state index in [1.165, 1.54) is 16.4 Å². The number of piperazine rings is 1. The summed E-state index contributed by atoms with van der Waals surface area (Å²) in [6.07, 6.45) is 0. The summed E-state index contributed by atoms with van der Waals surface area (Å²) in [4.78, 5) is 13.1. The lowest BCUT2D eigenvalue weighted by molar-refractivity contribution is -0.384. The molecular weight excluding hydrogens is 392 g/mol. The standard InChI is InChI=1S/C20H26N4O4S/c1-15-6-4-5-7-18(15)16(2)21-19-9-8-17(14-20(19)24(25)26)29(27,28)23-12-10-22(3)11-13-23/h4-9,14,16,21H,10-13H2,1-3H3/t16-/m1/s1. The minimum atomic E-state index is -3.77. The Morgan fingerprint density at radius 2 is 1.76 bits per heavy atom. The van der Waals surface area contributed by atoms with Crippen molar-refractivity contribution < 1.29 is 13.3 Å². The SMILES string of the molecule is Cc1ccccc1[C@@H](C)Nc1ccc(S(=O)(=O)N2CCN(C)CC2)cc1[N+](=O)[O-]. The van der Waals surface area contributed by atoms with Crippen LogP contribution in [0.4, 0.5) is 11.4 Å². The molecule has 9 heteroatoms. The number of likely N-dealkylation sites (N-methyl/N-ethyl adjacent to an activating group) is 1. The van der Waals surface area contributed by atoms with Crippen LogP contribution in [-0.4, -0.2) is 55.8 Å². The second-order valence-electron chi connectivity index (χ2n) is 7.37. The number of nitro groups is 1. The Labute approximate surface area is 171 Å². The monoisotopic (exact) mass is 418 g/mol. The maximum Gasteiger partial charge on any atom is 0.293 e. The van der Waals surface area contributed by atoms with Crippen molar-refractivity contribution in [2.24, 2.45) is 0 Å². The van der Waals surface area contributed by atoms with Gasteiger partial charge in [0.2, 0.25) is 10.0 Å². The second kappa shape index (κ2) is 8.48. The van der Waals surface area contributed by atoms with Crippen LogP contribution in [0.5, 0.6) is 0 Å². The highest BCUT2D eigenvalue weighted by Gasteiger charge is 2.30. The number of hydrogen-bond donors (Lipinski definition) is 1. The molecule has 156 valence electrons. The third-order valence-corrected chi connectivity index (χ3v) is 7.19. The van der Waals surface area contributed by atoms with Gasteiger partial charge in [0.05, 0.1) is 9.82 Å². The number of anilines is 1. The third kappa shape index (κ3) is 4.58. The van der Waals surface area contributed by atoms with Gasteiger partial charge >= 0.3 is 0 Å². The smallest absolute Gasteiger partial charge is 0.293 e. The molecule has 1 aliphatic heterocycles. The maximum absolute atomic E-state index is 12.9. The Balaban J connectivity index is 1.89. The topological polar surface area (TPSA) is 95.8 Å². The van der Waals surface area contributed by atoms with Crippen molar-refractivity contribution in [1.82, 2.24) is 9.21 Å². The van der Waals surface area contributed by atoms with E-state index in [2.05, 4.69) is 10.2 Å². The highest BCUT2D eigenvalue weighted by Crippen LogP contribution is 2.32. The number of rotatable bonds is 6. The van der Waals surface area contributed by atoms with Crippen LogP contribution in [0.25, 0.3) is 0 Å². The van der Waals surface area contributed by atoms with Crippen LogP contribution < -0.4 is 5.32 Å². The summed E-state index contributed by atoms with van der Waals surface area (Å²) >= 11 is 0. The summed E-state index contributed by atoms with van der Waals surface area (Å²) < 4.78 is 27.2. The molecule has 0 amide bonds. The van der Waals surface area contributed by atoms with Gasteiger partial charge in [-0.1, -0.05) is 24.3 Å². The fourth-order valence-electron chi connectivity index (χ4n) is 3.51. The number of nitro benzene ring substituents is 1. The Bertz CT molecular complexity index is 1000. The summed E-state index contributed by atoms with van der Waals surface area (Å²) in [5.41, 5.74) is 2.14. The van der Waals surface area contributed by atoms with Crippen LogP contribution in [0.3, 0.4) is 0 Å². The van der Waals surface area contributed by atoms with Crippen molar-refractivity contribution in [2.45, 2.75) is 24.8 Å². The molecular formula is C20H26N4O4S. The van der Waals surface area contributed by atoms with Crippen molar-refractivity contribution in [3.05, 3.63) is 63.7 Å². The summed E-state index contributed by atoms with van der Waals surface area (Å²) in [6, 6.07) is 11.7. The maximum atomic E-state index is 12.9. The van der Waals surface area contributed by atoms with Crippen LogP contribution >= 0.6 is 0 Å². The number of benzene rings is 2. The largest absolute Gasteiger partial charge is 0.373 e. The number of nitrogens with zero attached hydrogens (tertiary/aromatic N) is 3. The Kier molecular flexibility index (Phi) is 6.21. The van der Waals surface area contributed by atoms with E-state index in [1.54, 1.807) is 0 Å². The molecule has 2 aromatic carbocycles. The number of sulfonamides is 1. The lowest BCUT2D eigenvalue weighted by Crippen LogP contribution is -2.47. The van der Waals surface area contributed by atoms with Gasteiger partial charge in [0.15, 0.2) is 0 Å². The first-order valence-electron chi connectivity index (χ1n) is 9.49.